The first-order chi connectivity index (χ1) is 25.3. The van der Waals surface area contributed by atoms with Crippen LogP contribution >= 0.6 is 0 Å². The number of nitrogens with zero attached hydrogens (tertiary/aromatic N) is 1. The van der Waals surface area contributed by atoms with Crippen molar-refractivity contribution < 1.29 is 4.42 Å². The molecule has 1 aliphatic rings. The maximum Gasteiger partial charge on any atom is 0.136 e. The number of hydrogen-bond acceptors (Lipinski definition) is 1. The number of aromatic nitrogens is 1. The molecule has 0 radical (unpaired) electrons. The molecule has 0 bridgehead atoms. The summed E-state index contributed by atoms with van der Waals surface area (Å²) in [5.74, 6) is 0. The summed E-state index contributed by atoms with van der Waals surface area (Å²) >= 11 is 0. The predicted octanol–water partition coefficient (Wildman–Crippen LogP) is 13.3. The van der Waals surface area contributed by atoms with E-state index >= 15 is 0 Å². The second-order valence-electron chi connectivity index (χ2n) is 13.7. The Morgan fingerprint density at radius 1 is 0.392 bits per heavy atom. The largest absolute Gasteiger partial charge is 0.456 e. The molecule has 8 aromatic carbocycles. The van der Waals surface area contributed by atoms with Crippen LogP contribution in [0.2, 0.25) is 0 Å². The van der Waals surface area contributed by atoms with Crippen molar-refractivity contribution in [3.8, 4) is 50.2 Å². The second-order valence-corrected chi connectivity index (χ2v) is 13.7. The SMILES string of the molecule is c1ccc2c(c1)Cc1c(-c3ccc(-c4ccc5c(c4)c4ccccc4n5-c4ccc(-c5cccc6oc7ccccc7c56)cc4)cc3)cccc1-2. The van der Waals surface area contributed by atoms with E-state index in [9.17, 15) is 0 Å². The lowest BCUT2D eigenvalue weighted by Crippen LogP contribution is -1.93. The summed E-state index contributed by atoms with van der Waals surface area (Å²) < 4.78 is 8.58. The van der Waals surface area contributed by atoms with E-state index in [4.69, 9.17) is 4.42 Å². The minimum atomic E-state index is 0.917. The average Bonchev–Trinajstić information content (AvgIpc) is 3.87. The first-order valence-corrected chi connectivity index (χ1v) is 17.6. The molecule has 0 unspecified atom stereocenters. The van der Waals surface area contributed by atoms with Gasteiger partial charge in [-0.2, -0.15) is 0 Å². The van der Waals surface area contributed by atoms with E-state index in [1.165, 1.54) is 77.4 Å². The van der Waals surface area contributed by atoms with Crippen molar-refractivity contribution in [1.29, 1.82) is 0 Å². The Morgan fingerprint density at radius 3 is 1.90 bits per heavy atom. The van der Waals surface area contributed by atoms with Gasteiger partial charge in [0.2, 0.25) is 0 Å². The summed E-state index contributed by atoms with van der Waals surface area (Å²) in [5.41, 5.74) is 18.4. The Balaban J connectivity index is 0.968. The summed E-state index contributed by atoms with van der Waals surface area (Å²) in [5, 5.41) is 4.82. The summed E-state index contributed by atoms with van der Waals surface area (Å²) in [6, 6.07) is 63.9. The predicted molar refractivity (Wildman–Crippen MR) is 213 cm³/mol. The van der Waals surface area contributed by atoms with Crippen molar-refractivity contribution in [2.45, 2.75) is 6.42 Å². The van der Waals surface area contributed by atoms with Crippen LogP contribution in [0.4, 0.5) is 0 Å². The highest BCUT2D eigenvalue weighted by Gasteiger charge is 2.21. The highest BCUT2D eigenvalue weighted by atomic mass is 16.3. The Hall–Kier alpha value is -6.64. The van der Waals surface area contributed by atoms with Gasteiger partial charge in [-0.1, -0.05) is 133 Å². The Labute approximate surface area is 295 Å². The van der Waals surface area contributed by atoms with Crippen molar-refractivity contribution in [1.82, 2.24) is 4.57 Å². The van der Waals surface area contributed by atoms with Gasteiger partial charge in [-0.3, -0.25) is 0 Å². The number of hydrogen-bond donors (Lipinski definition) is 0. The lowest BCUT2D eigenvalue weighted by Gasteiger charge is -2.11. The van der Waals surface area contributed by atoms with Crippen LogP contribution in [-0.4, -0.2) is 4.57 Å². The first-order valence-electron chi connectivity index (χ1n) is 17.6. The van der Waals surface area contributed by atoms with Crippen molar-refractivity contribution in [3.05, 3.63) is 187 Å². The molecule has 51 heavy (non-hydrogen) atoms. The van der Waals surface area contributed by atoms with Crippen molar-refractivity contribution in [2.75, 3.05) is 0 Å². The Bertz CT molecular complexity index is 2980. The summed E-state index contributed by atoms with van der Waals surface area (Å²) in [6.07, 6.45) is 0.991. The molecule has 0 atom stereocenters. The molecule has 10 aromatic rings. The van der Waals surface area contributed by atoms with Crippen LogP contribution in [0, 0.1) is 0 Å². The van der Waals surface area contributed by atoms with Gasteiger partial charge in [0.25, 0.3) is 0 Å². The minimum absolute atomic E-state index is 0.917. The quantitative estimate of drug-likeness (QED) is 0.186. The van der Waals surface area contributed by atoms with E-state index in [2.05, 4.69) is 168 Å². The van der Waals surface area contributed by atoms with Crippen LogP contribution in [0.5, 0.6) is 0 Å². The lowest BCUT2D eigenvalue weighted by molar-refractivity contribution is 0.669. The third-order valence-corrected chi connectivity index (χ3v) is 10.9. The first kappa shape index (κ1) is 28.2. The third-order valence-electron chi connectivity index (χ3n) is 10.9. The standard InChI is InChI=1S/C49H31NO/c1-2-10-38-35(9-1)30-43-37(13-7-15-40(38)43)32-21-19-31(20-22-32)34-25-28-46-44(29-34)41-11-3-5-16-45(41)50(46)36-26-23-33(24-27-36)39-14-8-18-48-49(39)42-12-4-6-17-47(42)51-48/h1-29H,30H2. The molecule has 0 saturated heterocycles. The maximum absolute atomic E-state index is 6.18. The third kappa shape index (κ3) is 4.30. The monoisotopic (exact) mass is 649 g/mol. The Kier molecular flexibility index (Phi) is 6.05. The molecule has 0 fully saturated rings. The lowest BCUT2D eigenvalue weighted by atomic mass is 9.94. The highest BCUT2D eigenvalue weighted by Crippen LogP contribution is 2.42. The van der Waals surface area contributed by atoms with Gasteiger partial charge in [-0.05, 0) is 105 Å². The van der Waals surface area contributed by atoms with Gasteiger partial charge in [-0.25, -0.2) is 0 Å². The second kappa shape index (κ2) is 10.9. The molecule has 1 aliphatic carbocycles. The fourth-order valence-electron chi connectivity index (χ4n) is 8.51. The number of benzene rings is 8. The zero-order valence-corrected chi connectivity index (χ0v) is 27.8. The fourth-order valence-corrected chi connectivity index (χ4v) is 8.51. The fraction of sp³-hybridized carbons (Fsp3) is 0.0204. The van der Waals surface area contributed by atoms with Gasteiger partial charge >= 0.3 is 0 Å². The van der Waals surface area contributed by atoms with Crippen molar-refractivity contribution in [3.63, 3.8) is 0 Å². The van der Waals surface area contributed by atoms with Crippen molar-refractivity contribution >= 4 is 43.7 Å². The molecule has 2 heteroatoms. The molecule has 0 spiro atoms. The van der Waals surface area contributed by atoms with Crippen LogP contribution in [0.15, 0.2) is 180 Å². The molecule has 2 heterocycles. The van der Waals surface area contributed by atoms with Crippen LogP contribution in [0.3, 0.4) is 0 Å². The van der Waals surface area contributed by atoms with Crippen LogP contribution < -0.4 is 0 Å². The molecule has 238 valence electrons. The molecular weight excluding hydrogens is 619 g/mol. The minimum Gasteiger partial charge on any atom is -0.456 e. The summed E-state index contributed by atoms with van der Waals surface area (Å²) in [4.78, 5) is 0. The van der Waals surface area contributed by atoms with E-state index in [1.54, 1.807) is 0 Å². The maximum atomic E-state index is 6.18. The zero-order chi connectivity index (χ0) is 33.5. The molecule has 2 aromatic heterocycles. The van der Waals surface area contributed by atoms with Gasteiger partial charge in [0.05, 0.1) is 11.0 Å². The molecular formula is C49H31NO. The number of para-hydroxylation sites is 2. The van der Waals surface area contributed by atoms with E-state index in [-0.39, 0.29) is 0 Å². The van der Waals surface area contributed by atoms with Gasteiger partial charge in [-0.15, -0.1) is 0 Å². The molecule has 11 rings (SSSR count). The van der Waals surface area contributed by atoms with Crippen LogP contribution in [0.1, 0.15) is 11.1 Å². The average molecular weight is 650 g/mol. The van der Waals surface area contributed by atoms with Crippen LogP contribution in [0.25, 0.3) is 93.9 Å². The van der Waals surface area contributed by atoms with Gasteiger partial charge in [0.1, 0.15) is 11.2 Å². The normalized spacial score (nSPS) is 12.2. The summed E-state index contributed by atoms with van der Waals surface area (Å²) in [6.45, 7) is 0. The molecule has 0 saturated carbocycles. The zero-order valence-electron chi connectivity index (χ0n) is 27.8. The number of furan rings is 1. The number of rotatable bonds is 4. The van der Waals surface area contributed by atoms with Crippen LogP contribution in [-0.2, 0) is 6.42 Å². The number of fused-ring (bicyclic) bond motifs is 9. The molecule has 0 aliphatic heterocycles. The van der Waals surface area contributed by atoms with Gasteiger partial charge < -0.3 is 8.98 Å². The summed E-state index contributed by atoms with van der Waals surface area (Å²) in [7, 11) is 0. The molecule has 0 N–H and O–H groups in total. The molecule has 2 nitrogen and oxygen atoms in total. The van der Waals surface area contributed by atoms with Crippen molar-refractivity contribution in [2.24, 2.45) is 0 Å². The Morgan fingerprint density at radius 2 is 1.00 bits per heavy atom. The van der Waals surface area contributed by atoms with E-state index < -0.39 is 0 Å². The van der Waals surface area contributed by atoms with E-state index in [1.807, 2.05) is 12.1 Å². The van der Waals surface area contributed by atoms with Gasteiger partial charge in [0.15, 0.2) is 0 Å². The van der Waals surface area contributed by atoms with Gasteiger partial charge in [0, 0.05) is 27.2 Å². The topological polar surface area (TPSA) is 18.1 Å². The van der Waals surface area contributed by atoms with E-state index in [0.29, 0.717) is 0 Å². The molecule has 0 amide bonds. The smallest absolute Gasteiger partial charge is 0.136 e. The highest BCUT2D eigenvalue weighted by molar-refractivity contribution is 6.13. The van der Waals surface area contributed by atoms with E-state index in [0.717, 1.165) is 34.0 Å².